The van der Waals surface area contributed by atoms with Crippen LogP contribution in [0.15, 0.2) is 85.2 Å². The fraction of sp³-hybridized carbons (Fsp3) is 0.160. The number of benzene rings is 2. The molecule has 0 spiro atoms. The molecule has 2 aromatic heterocycles. The largest absolute Gasteiger partial charge is 0.368 e. The number of carbonyl (C=O) groups excluding carboxylic acids is 1. The van der Waals surface area contributed by atoms with Gasteiger partial charge in [-0.2, -0.15) is 0 Å². The van der Waals surface area contributed by atoms with Crippen LogP contribution in [0.1, 0.15) is 10.4 Å². The Morgan fingerprint density at radius 2 is 1.60 bits per heavy atom. The van der Waals surface area contributed by atoms with Crippen molar-refractivity contribution in [1.29, 1.82) is 0 Å². The van der Waals surface area contributed by atoms with E-state index in [-0.39, 0.29) is 5.91 Å². The Hall–Kier alpha value is -3.73. The summed E-state index contributed by atoms with van der Waals surface area (Å²) in [6.07, 6.45) is 3.52. The fourth-order valence-corrected chi connectivity index (χ4v) is 3.99. The second-order valence-corrected chi connectivity index (χ2v) is 7.43. The van der Waals surface area contributed by atoms with E-state index in [9.17, 15) is 4.79 Å². The van der Waals surface area contributed by atoms with Crippen molar-refractivity contribution in [2.45, 2.75) is 0 Å². The third-order valence-electron chi connectivity index (χ3n) is 5.59. The molecule has 5 rings (SSSR count). The van der Waals surface area contributed by atoms with Gasteiger partial charge in [-0.05, 0) is 36.4 Å². The highest BCUT2D eigenvalue weighted by Gasteiger charge is 2.24. The van der Waals surface area contributed by atoms with Gasteiger partial charge in [0.05, 0.1) is 16.8 Å². The molecule has 1 fully saturated rings. The average Bonchev–Trinajstić information content (AvgIpc) is 2.84. The third kappa shape index (κ3) is 3.50. The molecular formula is C25H22N4O. The fourth-order valence-electron chi connectivity index (χ4n) is 3.99. The number of pyridine rings is 2. The predicted octanol–water partition coefficient (Wildman–Crippen LogP) is 4.26. The second-order valence-electron chi connectivity index (χ2n) is 7.43. The quantitative estimate of drug-likeness (QED) is 0.521. The van der Waals surface area contributed by atoms with Gasteiger partial charge in [0.15, 0.2) is 0 Å². The van der Waals surface area contributed by atoms with Gasteiger partial charge in [-0.25, -0.2) is 4.98 Å². The minimum atomic E-state index is 0.0615. The molecule has 2 aromatic carbocycles. The summed E-state index contributed by atoms with van der Waals surface area (Å²) in [6.45, 7) is 3.06. The molecule has 0 radical (unpaired) electrons. The first-order valence-electron chi connectivity index (χ1n) is 10.2. The molecule has 3 heterocycles. The SMILES string of the molecule is O=C(c1cc(-c2cccnc2)nc2ccccc12)N1CCN(c2ccccc2)CC1. The number of aromatic nitrogens is 2. The molecule has 1 aliphatic heterocycles. The zero-order chi connectivity index (χ0) is 20.3. The minimum Gasteiger partial charge on any atom is -0.368 e. The molecule has 1 amide bonds. The molecule has 5 nitrogen and oxygen atoms in total. The molecular weight excluding hydrogens is 372 g/mol. The Bertz CT molecular complexity index is 1170. The Morgan fingerprint density at radius 1 is 0.833 bits per heavy atom. The van der Waals surface area contributed by atoms with Crippen molar-refractivity contribution in [2.75, 3.05) is 31.1 Å². The van der Waals surface area contributed by atoms with Crippen molar-refractivity contribution in [3.8, 4) is 11.3 Å². The van der Waals surface area contributed by atoms with Crippen molar-refractivity contribution in [2.24, 2.45) is 0 Å². The number of anilines is 1. The van der Waals surface area contributed by atoms with Crippen LogP contribution < -0.4 is 4.90 Å². The lowest BCUT2D eigenvalue weighted by Gasteiger charge is -2.36. The normalized spacial score (nSPS) is 14.1. The van der Waals surface area contributed by atoms with E-state index >= 15 is 0 Å². The molecule has 0 aliphatic carbocycles. The lowest BCUT2D eigenvalue weighted by atomic mass is 10.0. The predicted molar refractivity (Wildman–Crippen MR) is 120 cm³/mol. The summed E-state index contributed by atoms with van der Waals surface area (Å²) in [7, 11) is 0. The summed E-state index contributed by atoms with van der Waals surface area (Å²) in [5, 5.41) is 0.889. The molecule has 5 heteroatoms. The number of hydrogen-bond donors (Lipinski definition) is 0. The summed E-state index contributed by atoms with van der Waals surface area (Å²) < 4.78 is 0. The maximum absolute atomic E-state index is 13.5. The molecule has 0 saturated carbocycles. The van der Waals surface area contributed by atoms with Crippen molar-refractivity contribution >= 4 is 22.5 Å². The van der Waals surface area contributed by atoms with Crippen LogP contribution in [-0.2, 0) is 0 Å². The highest BCUT2D eigenvalue weighted by molar-refractivity contribution is 6.07. The zero-order valence-corrected chi connectivity index (χ0v) is 16.6. The van der Waals surface area contributed by atoms with E-state index in [0.717, 1.165) is 35.2 Å². The second kappa shape index (κ2) is 7.95. The van der Waals surface area contributed by atoms with Crippen LogP contribution >= 0.6 is 0 Å². The monoisotopic (exact) mass is 394 g/mol. The Morgan fingerprint density at radius 3 is 2.37 bits per heavy atom. The molecule has 148 valence electrons. The van der Waals surface area contributed by atoms with Gasteiger partial charge >= 0.3 is 0 Å². The zero-order valence-electron chi connectivity index (χ0n) is 16.6. The molecule has 1 saturated heterocycles. The number of amides is 1. The van der Waals surface area contributed by atoms with Crippen LogP contribution in [0, 0.1) is 0 Å². The Labute approximate surface area is 175 Å². The molecule has 0 N–H and O–H groups in total. The summed E-state index contributed by atoms with van der Waals surface area (Å²) in [4.78, 5) is 26.8. The van der Waals surface area contributed by atoms with E-state index < -0.39 is 0 Å². The van der Waals surface area contributed by atoms with E-state index in [1.165, 1.54) is 5.69 Å². The van der Waals surface area contributed by atoms with Crippen LogP contribution in [-0.4, -0.2) is 47.0 Å². The van der Waals surface area contributed by atoms with Crippen LogP contribution in [0.25, 0.3) is 22.2 Å². The standard InChI is InChI=1S/C25H22N4O/c30-25(29-15-13-28(14-16-29)20-8-2-1-3-9-20)22-17-24(19-7-6-12-26-18-19)27-23-11-5-4-10-21(22)23/h1-12,17-18H,13-16H2. The molecule has 0 atom stereocenters. The summed E-state index contributed by atoms with van der Waals surface area (Å²) in [5.74, 6) is 0.0615. The lowest BCUT2D eigenvalue weighted by molar-refractivity contribution is 0.0748. The lowest BCUT2D eigenvalue weighted by Crippen LogP contribution is -2.48. The number of rotatable bonds is 3. The number of fused-ring (bicyclic) bond motifs is 1. The third-order valence-corrected chi connectivity index (χ3v) is 5.59. The van der Waals surface area contributed by atoms with Crippen LogP contribution in [0.4, 0.5) is 5.69 Å². The number of carbonyl (C=O) groups is 1. The Kier molecular flexibility index (Phi) is 4.85. The molecule has 1 aliphatic rings. The summed E-state index contributed by atoms with van der Waals surface area (Å²) in [5.41, 5.74) is 4.41. The number of piperazine rings is 1. The number of hydrogen-bond acceptors (Lipinski definition) is 4. The maximum Gasteiger partial charge on any atom is 0.254 e. The number of para-hydroxylation sites is 2. The molecule has 4 aromatic rings. The van der Waals surface area contributed by atoms with Crippen molar-refractivity contribution in [1.82, 2.24) is 14.9 Å². The summed E-state index contributed by atoms with van der Waals surface area (Å²) in [6, 6.07) is 24.0. The van der Waals surface area contributed by atoms with Gasteiger partial charge in [-0.15, -0.1) is 0 Å². The van der Waals surface area contributed by atoms with Gasteiger partial charge < -0.3 is 9.80 Å². The van der Waals surface area contributed by atoms with Gasteiger partial charge in [-0.3, -0.25) is 9.78 Å². The van der Waals surface area contributed by atoms with Crippen LogP contribution in [0.5, 0.6) is 0 Å². The van der Waals surface area contributed by atoms with E-state index in [1.54, 1.807) is 12.4 Å². The van der Waals surface area contributed by atoms with E-state index in [4.69, 9.17) is 4.98 Å². The van der Waals surface area contributed by atoms with Gasteiger partial charge in [0.25, 0.3) is 5.91 Å². The first-order chi connectivity index (χ1) is 14.8. The smallest absolute Gasteiger partial charge is 0.254 e. The van der Waals surface area contributed by atoms with Crippen molar-refractivity contribution < 1.29 is 4.79 Å². The van der Waals surface area contributed by atoms with Gasteiger partial charge in [0.1, 0.15) is 0 Å². The minimum absolute atomic E-state index is 0.0615. The highest BCUT2D eigenvalue weighted by atomic mass is 16.2. The van der Waals surface area contributed by atoms with Crippen molar-refractivity contribution in [3.05, 3.63) is 90.8 Å². The Balaban J connectivity index is 1.45. The molecule has 30 heavy (non-hydrogen) atoms. The van der Waals surface area contributed by atoms with Crippen molar-refractivity contribution in [3.63, 3.8) is 0 Å². The van der Waals surface area contributed by atoms with E-state index in [0.29, 0.717) is 18.7 Å². The summed E-state index contributed by atoms with van der Waals surface area (Å²) >= 11 is 0. The van der Waals surface area contributed by atoms with Gasteiger partial charge in [0, 0.05) is 55.2 Å². The van der Waals surface area contributed by atoms with Crippen LogP contribution in [0.3, 0.4) is 0 Å². The molecule has 0 unspecified atom stereocenters. The maximum atomic E-state index is 13.5. The number of nitrogens with zero attached hydrogens (tertiary/aromatic N) is 4. The average molecular weight is 394 g/mol. The van der Waals surface area contributed by atoms with E-state index in [2.05, 4.69) is 34.1 Å². The first-order valence-corrected chi connectivity index (χ1v) is 10.2. The first kappa shape index (κ1) is 18.3. The van der Waals surface area contributed by atoms with Gasteiger partial charge in [0.2, 0.25) is 0 Å². The van der Waals surface area contributed by atoms with Gasteiger partial charge in [-0.1, -0.05) is 36.4 Å². The molecule has 0 bridgehead atoms. The topological polar surface area (TPSA) is 49.3 Å². The van der Waals surface area contributed by atoms with Crippen LogP contribution in [0.2, 0.25) is 0 Å². The van der Waals surface area contributed by atoms with E-state index in [1.807, 2.05) is 53.4 Å². The highest BCUT2D eigenvalue weighted by Crippen LogP contribution is 2.26.